The lowest BCUT2D eigenvalue weighted by Gasteiger charge is -2.48. The molecule has 2 rings (SSSR count). The first-order valence-electron chi connectivity index (χ1n) is 7.24. The Hall–Kier alpha value is -0.160. The summed E-state index contributed by atoms with van der Waals surface area (Å²) >= 11 is 0. The maximum absolute atomic E-state index is 6.14. The highest BCUT2D eigenvalue weighted by molar-refractivity contribution is 5.04. The molecule has 0 radical (unpaired) electrons. The van der Waals surface area contributed by atoms with Crippen LogP contribution < -0.4 is 5.73 Å². The summed E-state index contributed by atoms with van der Waals surface area (Å²) in [6, 6.07) is 0.628. The van der Waals surface area contributed by atoms with Gasteiger partial charge in [0.25, 0.3) is 0 Å². The molecule has 1 aliphatic heterocycles. The van der Waals surface area contributed by atoms with E-state index in [0.717, 1.165) is 19.1 Å². The monoisotopic (exact) mass is 255 g/mol. The van der Waals surface area contributed by atoms with Gasteiger partial charge in [0.1, 0.15) is 0 Å². The molecule has 0 bridgehead atoms. The lowest BCUT2D eigenvalue weighted by atomic mass is 9.89. The van der Waals surface area contributed by atoms with Crippen molar-refractivity contribution in [2.24, 2.45) is 11.7 Å². The van der Waals surface area contributed by atoms with Gasteiger partial charge in [-0.05, 0) is 52.2 Å². The Bertz CT molecular complexity index is 270. The van der Waals surface area contributed by atoms with Crippen LogP contribution in [0.4, 0.5) is 0 Å². The molecule has 2 aliphatic rings. The number of nitrogens with two attached hydrogens (primary N) is 1. The van der Waals surface area contributed by atoms with Crippen LogP contribution in [-0.4, -0.2) is 68.8 Å². The summed E-state index contributed by atoms with van der Waals surface area (Å²) in [5.41, 5.74) is 6.21. The van der Waals surface area contributed by atoms with Gasteiger partial charge in [0.2, 0.25) is 0 Å². The van der Waals surface area contributed by atoms with Crippen molar-refractivity contribution in [3.8, 4) is 0 Å². The van der Waals surface area contributed by atoms with Gasteiger partial charge in [-0.3, -0.25) is 4.90 Å². The highest BCUT2D eigenvalue weighted by Crippen LogP contribution is 2.43. The zero-order valence-electron chi connectivity index (χ0n) is 12.2. The van der Waals surface area contributed by atoms with Crippen LogP contribution in [0.5, 0.6) is 0 Å². The molecule has 1 saturated heterocycles. The Kier molecular flexibility index (Phi) is 4.64. The molecule has 0 aromatic carbocycles. The Morgan fingerprint density at radius 3 is 2.61 bits per heavy atom. The summed E-state index contributed by atoms with van der Waals surface area (Å²) in [6.07, 6.45) is 5.21. The molecule has 2 atom stereocenters. The highest BCUT2D eigenvalue weighted by atomic mass is 16.5. The summed E-state index contributed by atoms with van der Waals surface area (Å²) in [6.45, 7) is 3.87. The third kappa shape index (κ3) is 2.72. The van der Waals surface area contributed by atoms with E-state index in [2.05, 4.69) is 23.9 Å². The second kappa shape index (κ2) is 5.87. The molecule has 0 amide bonds. The van der Waals surface area contributed by atoms with E-state index in [9.17, 15) is 0 Å². The molecule has 18 heavy (non-hydrogen) atoms. The number of ether oxygens (including phenoxy) is 1. The van der Waals surface area contributed by atoms with Crippen molar-refractivity contribution in [3.05, 3.63) is 0 Å². The quantitative estimate of drug-likeness (QED) is 0.761. The number of methoxy groups -OCH3 is 1. The van der Waals surface area contributed by atoms with Crippen molar-refractivity contribution < 1.29 is 4.74 Å². The van der Waals surface area contributed by atoms with Gasteiger partial charge in [0.15, 0.2) is 0 Å². The summed E-state index contributed by atoms with van der Waals surface area (Å²) in [5.74, 6) is 0.736. The molecular formula is C14H29N3O. The van der Waals surface area contributed by atoms with Gasteiger partial charge < -0.3 is 15.4 Å². The van der Waals surface area contributed by atoms with Gasteiger partial charge in [-0.25, -0.2) is 0 Å². The number of rotatable bonds is 6. The topological polar surface area (TPSA) is 41.7 Å². The standard InChI is InChI=1S/C14H29N3O/c1-16-8-4-5-13(9-16)17(2)14(10-15,11-18-3)12-6-7-12/h12-13H,4-11,15H2,1-3H3. The molecule has 4 nitrogen and oxygen atoms in total. The molecule has 4 heteroatoms. The molecule has 0 aromatic heterocycles. The molecule has 2 unspecified atom stereocenters. The molecule has 1 saturated carbocycles. The predicted molar refractivity (Wildman–Crippen MR) is 74.7 cm³/mol. The molecule has 2 N–H and O–H groups in total. The first-order chi connectivity index (χ1) is 8.64. The zero-order valence-corrected chi connectivity index (χ0v) is 12.2. The SMILES string of the molecule is COCC(CN)(C1CC1)N(C)C1CCCN(C)C1. The van der Waals surface area contributed by atoms with E-state index in [4.69, 9.17) is 10.5 Å². The maximum Gasteiger partial charge on any atom is 0.0661 e. The Balaban J connectivity index is 2.08. The van der Waals surface area contributed by atoms with E-state index in [1.165, 1.54) is 32.2 Å². The van der Waals surface area contributed by atoms with Crippen LogP contribution in [0.2, 0.25) is 0 Å². The molecule has 0 aromatic rings. The van der Waals surface area contributed by atoms with Gasteiger partial charge in [-0.1, -0.05) is 0 Å². The fourth-order valence-corrected chi connectivity index (χ4v) is 3.57. The number of piperidine rings is 1. The maximum atomic E-state index is 6.14. The van der Waals surface area contributed by atoms with Gasteiger partial charge >= 0.3 is 0 Å². The fraction of sp³-hybridized carbons (Fsp3) is 1.00. The average Bonchev–Trinajstić information content (AvgIpc) is 3.20. The summed E-state index contributed by atoms with van der Waals surface area (Å²) in [7, 11) is 6.28. The number of hydrogen-bond donors (Lipinski definition) is 1. The molecule has 0 spiro atoms. The van der Waals surface area contributed by atoms with Crippen LogP contribution in [0.15, 0.2) is 0 Å². The Morgan fingerprint density at radius 2 is 2.11 bits per heavy atom. The van der Waals surface area contributed by atoms with E-state index in [-0.39, 0.29) is 5.54 Å². The van der Waals surface area contributed by atoms with Crippen molar-refractivity contribution in [3.63, 3.8) is 0 Å². The first-order valence-corrected chi connectivity index (χ1v) is 7.24. The molecule has 1 heterocycles. The minimum absolute atomic E-state index is 0.0671. The van der Waals surface area contributed by atoms with Crippen molar-refractivity contribution >= 4 is 0 Å². The molecular weight excluding hydrogens is 226 g/mol. The molecule has 1 aliphatic carbocycles. The molecule has 2 fully saturated rings. The van der Waals surface area contributed by atoms with Crippen LogP contribution >= 0.6 is 0 Å². The van der Waals surface area contributed by atoms with E-state index in [0.29, 0.717) is 12.6 Å². The largest absolute Gasteiger partial charge is 0.383 e. The van der Waals surface area contributed by atoms with Crippen LogP contribution in [0.25, 0.3) is 0 Å². The number of nitrogens with zero attached hydrogens (tertiary/aromatic N) is 2. The van der Waals surface area contributed by atoms with Gasteiger partial charge in [-0.2, -0.15) is 0 Å². The minimum atomic E-state index is 0.0671. The smallest absolute Gasteiger partial charge is 0.0661 e. The lowest BCUT2D eigenvalue weighted by molar-refractivity contribution is -0.0257. The number of likely N-dealkylation sites (N-methyl/N-ethyl adjacent to an activating group) is 2. The third-order valence-electron chi connectivity index (χ3n) is 4.93. The fourth-order valence-electron chi connectivity index (χ4n) is 3.57. The highest BCUT2D eigenvalue weighted by Gasteiger charge is 2.49. The number of hydrogen-bond acceptors (Lipinski definition) is 4. The average molecular weight is 255 g/mol. The summed E-state index contributed by atoms with van der Waals surface area (Å²) in [4.78, 5) is 4.98. The minimum Gasteiger partial charge on any atom is -0.383 e. The van der Waals surface area contributed by atoms with Crippen LogP contribution in [0.1, 0.15) is 25.7 Å². The Labute approximate surface area is 111 Å². The van der Waals surface area contributed by atoms with E-state index < -0.39 is 0 Å². The Morgan fingerprint density at radius 1 is 1.39 bits per heavy atom. The summed E-state index contributed by atoms with van der Waals surface area (Å²) < 4.78 is 5.50. The number of likely N-dealkylation sites (tertiary alicyclic amines) is 1. The second-order valence-corrected chi connectivity index (χ2v) is 6.18. The van der Waals surface area contributed by atoms with Gasteiger partial charge in [0.05, 0.1) is 12.1 Å². The third-order valence-corrected chi connectivity index (χ3v) is 4.93. The predicted octanol–water partition coefficient (Wildman–Crippen LogP) is 0.766. The first kappa shape index (κ1) is 14.3. The van der Waals surface area contributed by atoms with E-state index in [1.54, 1.807) is 7.11 Å². The van der Waals surface area contributed by atoms with Crippen molar-refractivity contribution in [2.75, 3.05) is 47.4 Å². The van der Waals surface area contributed by atoms with Crippen LogP contribution in [0.3, 0.4) is 0 Å². The second-order valence-electron chi connectivity index (χ2n) is 6.18. The van der Waals surface area contributed by atoms with E-state index >= 15 is 0 Å². The summed E-state index contributed by atoms with van der Waals surface area (Å²) in [5, 5.41) is 0. The lowest BCUT2D eigenvalue weighted by Crippen LogP contribution is -2.62. The normalized spacial score (nSPS) is 29.5. The van der Waals surface area contributed by atoms with Gasteiger partial charge in [-0.15, -0.1) is 0 Å². The van der Waals surface area contributed by atoms with Crippen molar-refractivity contribution in [1.29, 1.82) is 0 Å². The van der Waals surface area contributed by atoms with Crippen LogP contribution in [0, 0.1) is 5.92 Å². The molecule has 106 valence electrons. The zero-order chi connectivity index (χ0) is 13.2. The van der Waals surface area contributed by atoms with Crippen molar-refractivity contribution in [2.45, 2.75) is 37.3 Å². The van der Waals surface area contributed by atoms with Crippen molar-refractivity contribution in [1.82, 2.24) is 9.80 Å². The van der Waals surface area contributed by atoms with Crippen LogP contribution in [-0.2, 0) is 4.74 Å². The van der Waals surface area contributed by atoms with Gasteiger partial charge in [0, 0.05) is 26.2 Å². The van der Waals surface area contributed by atoms with E-state index in [1.807, 2.05) is 0 Å².